The molecule has 0 atom stereocenters. The van der Waals surface area contributed by atoms with Gasteiger partial charge in [0.05, 0.1) is 0 Å². The van der Waals surface area contributed by atoms with Crippen LogP contribution in [-0.4, -0.2) is 19.1 Å². The summed E-state index contributed by atoms with van der Waals surface area (Å²) in [6.45, 7) is 3.39. The van der Waals surface area contributed by atoms with E-state index in [1.54, 1.807) is 0 Å². The van der Waals surface area contributed by atoms with Gasteiger partial charge in [0.15, 0.2) is 11.5 Å². The van der Waals surface area contributed by atoms with E-state index >= 15 is 0 Å². The van der Waals surface area contributed by atoms with Crippen LogP contribution in [0.2, 0.25) is 0 Å². The first kappa shape index (κ1) is 18.6. The maximum atomic E-state index is 12.0. The SMILES string of the molecule is CCCCCCCCCCCC(=O)Nc1ccc2c(c1)OCCO2. The van der Waals surface area contributed by atoms with Crippen LogP contribution < -0.4 is 14.8 Å². The molecule has 1 amide bonds. The molecule has 1 heterocycles. The zero-order chi connectivity index (χ0) is 17.0. The van der Waals surface area contributed by atoms with E-state index in [2.05, 4.69) is 12.2 Å². The number of hydrogen-bond acceptors (Lipinski definition) is 3. The molecule has 0 aliphatic carbocycles. The van der Waals surface area contributed by atoms with Crippen LogP contribution in [0, 0.1) is 0 Å². The Hall–Kier alpha value is -1.71. The number of ether oxygens (including phenoxy) is 2. The van der Waals surface area contributed by atoms with Gasteiger partial charge in [0.1, 0.15) is 13.2 Å². The molecule has 4 nitrogen and oxygen atoms in total. The molecule has 0 unspecified atom stereocenters. The van der Waals surface area contributed by atoms with Crippen LogP contribution >= 0.6 is 0 Å². The predicted octanol–water partition coefficient (Wildman–Crippen LogP) is 5.32. The molecular formula is C20H31NO3. The van der Waals surface area contributed by atoms with E-state index in [0.29, 0.717) is 25.4 Å². The molecule has 2 rings (SSSR count). The van der Waals surface area contributed by atoms with Gasteiger partial charge < -0.3 is 14.8 Å². The molecule has 0 radical (unpaired) electrons. The van der Waals surface area contributed by atoms with Crippen molar-refractivity contribution in [1.29, 1.82) is 0 Å². The molecule has 1 aromatic carbocycles. The summed E-state index contributed by atoms with van der Waals surface area (Å²) in [5, 5.41) is 2.94. The number of amides is 1. The topological polar surface area (TPSA) is 47.6 Å². The molecule has 4 heteroatoms. The number of carbonyl (C=O) groups is 1. The number of unbranched alkanes of at least 4 members (excludes halogenated alkanes) is 8. The molecule has 1 N–H and O–H groups in total. The Morgan fingerprint density at radius 2 is 1.54 bits per heavy atom. The molecule has 1 aromatic rings. The van der Waals surface area contributed by atoms with Crippen molar-refractivity contribution in [1.82, 2.24) is 0 Å². The third-order valence-electron chi connectivity index (χ3n) is 4.33. The number of carbonyl (C=O) groups excluding carboxylic acids is 1. The fourth-order valence-electron chi connectivity index (χ4n) is 2.94. The first-order chi connectivity index (χ1) is 11.8. The predicted molar refractivity (Wildman–Crippen MR) is 97.9 cm³/mol. The summed E-state index contributed by atoms with van der Waals surface area (Å²) in [6.07, 6.45) is 12.0. The van der Waals surface area contributed by atoms with E-state index in [0.717, 1.165) is 24.3 Å². The van der Waals surface area contributed by atoms with Crippen LogP contribution in [0.15, 0.2) is 18.2 Å². The second-order valence-corrected chi connectivity index (χ2v) is 6.49. The van der Waals surface area contributed by atoms with E-state index in [1.807, 2.05) is 18.2 Å². The highest BCUT2D eigenvalue weighted by molar-refractivity contribution is 5.91. The zero-order valence-electron chi connectivity index (χ0n) is 14.9. The van der Waals surface area contributed by atoms with Gasteiger partial charge in [0.25, 0.3) is 0 Å². The van der Waals surface area contributed by atoms with Crippen LogP contribution in [0.1, 0.15) is 71.1 Å². The van der Waals surface area contributed by atoms with Crippen molar-refractivity contribution < 1.29 is 14.3 Å². The Bertz CT molecular complexity index is 502. The van der Waals surface area contributed by atoms with Crippen molar-refractivity contribution in [3.05, 3.63) is 18.2 Å². The van der Waals surface area contributed by atoms with Gasteiger partial charge in [-0.05, 0) is 18.6 Å². The number of anilines is 1. The van der Waals surface area contributed by atoms with Gasteiger partial charge >= 0.3 is 0 Å². The van der Waals surface area contributed by atoms with Crippen molar-refractivity contribution in [2.75, 3.05) is 18.5 Å². The standard InChI is InChI=1S/C20H31NO3/c1-2-3-4-5-6-7-8-9-10-11-20(22)21-17-12-13-18-19(16-17)24-15-14-23-18/h12-13,16H,2-11,14-15H2,1H3,(H,21,22). The molecule has 0 fully saturated rings. The molecule has 0 saturated heterocycles. The lowest BCUT2D eigenvalue weighted by atomic mass is 10.1. The monoisotopic (exact) mass is 333 g/mol. The summed E-state index contributed by atoms with van der Waals surface area (Å²) in [7, 11) is 0. The third-order valence-corrected chi connectivity index (χ3v) is 4.33. The Labute approximate surface area is 145 Å². The smallest absolute Gasteiger partial charge is 0.224 e. The summed E-state index contributed by atoms with van der Waals surface area (Å²) in [6, 6.07) is 5.55. The summed E-state index contributed by atoms with van der Waals surface area (Å²) >= 11 is 0. The van der Waals surface area contributed by atoms with Crippen molar-refractivity contribution in [2.45, 2.75) is 71.1 Å². The molecule has 0 spiro atoms. The fourth-order valence-corrected chi connectivity index (χ4v) is 2.94. The van der Waals surface area contributed by atoms with Gasteiger partial charge in [0.2, 0.25) is 5.91 Å². The van der Waals surface area contributed by atoms with Gasteiger partial charge in [-0.1, -0.05) is 58.3 Å². The molecule has 0 bridgehead atoms. The first-order valence-corrected chi connectivity index (χ1v) is 9.49. The van der Waals surface area contributed by atoms with E-state index < -0.39 is 0 Å². The van der Waals surface area contributed by atoms with Gasteiger partial charge in [-0.3, -0.25) is 4.79 Å². The van der Waals surface area contributed by atoms with Crippen molar-refractivity contribution in [2.24, 2.45) is 0 Å². The van der Waals surface area contributed by atoms with Crippen LogP contribution in [0.25, 0.3) is 0 Å². The summed E-state index contributed by atoms with van der Waals surface area (Å²) in [5.74, 6) is 1.54. The van der Waals surface area contributed by atoms with Crippen molar-refractivity contribution >= 4 is 11.6 Å². The number of nitrogens with one attached hydrogen (secondary N) is 1. The Kier molecular flexibility index (Phi) is 8.50. The Morgan fingerprint density at radius 3 is 2.25 bits per heavy atom. The Morgan fingerprint density at radius 1 is 0.917 bits per heavy atom. The summed E-state index contributed by atoms with van der Waals surface area (Å²) in [4.78, 5) is 12.0. The van der Waals surface area contributed by atoms with Crippen LogP contribution in [0.3, 0.4) is 0 Å². The molecule has 0 aromatic heterocycles. The van der Waals surface area contributed by atoms with Crippen molar-refractivity contribution in [3.8, 4) is 11.5 Å². The van der Waals surface area contributed by atoms with E-state index in [1.165, 1.54) is 44.9 Å². The largest absolute Gasteiger partial charge is 0.486 e. The van der Waals surface area contributed by atoms with E-state index in [4.69, 9.17) is 9.47 Å². The van der Waals surface area contributed by atoms with Gasteiger partial charge in [0, 0.05) is 18.2 Å². The van der Waals surface area contributed by atoms with E-state index in [9.17, 15) is 4.79 Å². The highest BCUT2D eigenvalue weighted by Gasteiger charge is 2.12. The number of fused-ring (bicyclic) bond motifs is 1. The third kappa shape index (κ3) is 6.81. The first-order valence-electron chi connectivity index (χ1n) is 9.49. The second-order valence-electron chi connectivity index (χ2n) is 6.49. The highest BCUT2D eigenvalue weighted by Crippen LogP contribution is 2.32. The second kappa shape index (κ2) is 11.0. The number of hydrogen-bond donors (Lipinski definition) is 1. The van der Waals surface area contributed by atoms with Crippen LogP contribution in [0.5, 0.6) is 11.5 Å². The number of rotatable bonds is 11. The molecule has 134 valence electrons. The average Bonchev–Trinajstić information content (AvgIpc) is 2.60. The average molecular weight is 333 g/mol. The lowest BCUT2D eigenvalue weighted by Gasteiger charge is -2.19. The van der Waals surface area contributed by atoms with Gasteiger partial charge in [-0.25, -0.2) is 0 Å². The minimum atomic E-state index is 0.0784. The molecule has 1 aliphatic rings. The van der Waals surface area contributed by atoms with Gasteiger partial charge in [-0.15, -0.1) is 0 Å². The van der Waals surface area contributed by atoms with Gasteiger partial charge in [-0.2, -0.15) is 0 Å². The van der Waals surface area contributed by atoms with Crippen molar-refractivity contribution in [3.63, 3.8) is 0 Å². The quantitative estimate of drug-likeness (QED) is 0.558. The highest BCUT2D eigenvalue weighted by atomic mass is 16.6. The zero-order valence-corrected chi connectivity index (χ0v) is 14.9. The summed E-state index contributed by atoms with van der Waals surface area (Å²) < 4.78 is 11.0. The number of benzene rings is 1. The van der Waals surface area contributed by atoms with Crippen LogP contribution in [-0.2, 0) is 4.79 Å². The molecular weight excluding hydrogens is 302 g/mol. The minimum Gasteiger partial charge on any atom is -0.486 e. The Balaban J connectivity index is 1.55. The lowest BCUT2D eigenvalue weighted by molar-refractivity contribution is -0.116. The van der Waals surface area contributed by atoms with E-state index in [-0.39, 0.29) is 5.91 Å². The van der Waals surface area contributed by atoms with Crippen LogP contribution in [0.4, 0.5) is 5.69 Å². The summed E-state index contributed by atoms with van der Waals surface area (Å²) in [5.41, 5.74) is 0.778. The molecule has 1 aliphatic heterocycles. The normalized spacial score (nSPS) is 12.9. The maximum Gasteiger partial charge on any atom is 0.224 e. The maximum absolute atomic E-state index is 12.0. The fraction of sp³-hybridized carbons (Fsp3) is 0.650. The lowest BCUT2D eigenvalue weighted by Crippen LogP contribution is -2.16. The minimum absolute atomic E-state index is 0.0784. The molecule has 24 heavy (non-hydrogen) atoms. The molecule has 0 saturated carbocycles.